The zero-order valence-electron chi connectivity index (χ0n) is 8.75. The van der Waals surface area contributed by atoms with Crippen LogP contribution in [0.5, 0.6) is 0 Å². The zero-order valence-corrected chi connectivity index (χ0v) is 8.75. The topological polar surface area (TPSA) is 45.8 Å². The van der Waals surface area contributed by atoms with Crippen LogP contribution in [-0.4, -0.2) is 16.3 Å². The van der Waals surface area contributed by atoms with Gasteiger partial charge in [0.1, 0.15) is 11.6 Å². The number of benzene rings is 1. The molecule has 0 aliphatic heterocycles. The number of aromatic nitrogens is 2. The summed E-state index contributed by atoms with van der Waals surface area (Å²) in [4.78, 5) is 16.6. The molecule has 1 N–H and O–H groups in total. The second-order valence-electron chi connectivity index (χ2n) is 3.50. The monoisotopic (exact) mass is 258 g/mol. The minimum Gasteiger partial charge on any atom is -0.336 e. The normalized spacial score (nSPS) is 11.6. The number of imidazole rings is 1. The van der Waals surface area contributed by atoms with Gasteiger partial charge in [0.25, 0.3) is 0 Å². The van der Waals surface area contributed by atoms with Crippen LogP contribution in [0.15, 0.2) is 24.4 Å². The summed E-state index contributed by atoms with van der Waals surface area (Å²) < 4.78 is 50.5. The van der Waals surface area contributed by atoms with Crippen molar-refractivity contribution in [3.8, 4) is 11.4 Å². The third-order valence-electron chi connectivity index (χ3n) is 2.27. The molecule has 1 aromatic carbocycles. The Morgan fingerprint density at radius 3 is 2.50 bits per heavy atom. The van der Waals surface area contributed by atoms with E-state index in [9.17, 15) is 22.4 Å². The van der Waals surface area contributed by atoms with Crippen molar-refractivity contribution in [2.24, 2.45) is 0 Å². The standard InChI is InChI=1S/C11H6F4N2O/c12-9-3-6(11(13,14)15)1-2-8(9)10-16-4-7(5-18)17-10/h1-5H,(H,16,17). The molecule has 1 aromatic heterocycles. The van der Waals surface area contributed by atoms with E-state index in [2.05, 4.69) is 9.97 Å². The zero-order chi connectivity index (χ0) is 13.3. The van der Waals surface area contributed by atoms with E-state index in [1.165, 1.54) is 6.20 Å². The van der Waals surface area contributed by atoms with Gasteiger partial charge in [-0.3, -0.25) is 4.79 Å². The molecular formula is C11H6F4N2O. The number of hydrogen-bond donors (Lipinski definition) is 1. The first-order chi connectivity index (χ1) is 8.41. The summed E-state index contributed by atoms with van der Waals surface area (Å²) >= 11 is 0. The van der Waals surface area contributed by atoms with Crippen molar-refractivity contribution in [3.63, 3.8) is 0 Å². The quantitative estimate of drug-likeness (QED) is 0.664. The Kier molecular flexibility index (Phi) is 2.90. The Balaban J connectivity index is 2.44. The van der Waals surface area contributed by atoms with Crippen molar-refractivity contribution in [2.75, 3.05) is 0 Å². The molecule has 0 fully saturated rings. The van der Waals surface area contributed by atoms with Crippen molar-refractivity contribution < 1.29 is 22.4 Å². The third-order valence-corrected chi connectivity index (χ3v) is 2.27. The number of carbonyl (C=O) groups excluding carboxylic acids is 1. The van der Waals surface area contributed by atoms with Gasteiger partial charge in [-0.15, -0.1) is 0 Å². The molecule has 0 aliphatic rings. The number of aldehydes is 1. The van der Waals surface area contributed by atoms with Gasteiger partial charge in [-0.25, -0.2) is 9.37 Å². The second-order valence-corrected chi connectivity index (χ2v) is 3.50. The number of rotatable bonds is 2. The number of H-pyrrole nitrogens is 1. The maximum absolute atomic E-state index is 13.5. The highest BCUT2D eigenvalue weighted by Crippen LogP contribution is 2.31. The minimum atomic E-state index is -4.60. The van der Waals surface area contributed by atoms with Crippen LogP contribution in [0, 0.1) is 5.82 Å². The highest BCUT2D eigenvalue weighted by Gasteiger charge is 2.31. The molecule has 3 nitrogen and oxygen atoms in total. The highest BCUT2D eigenvalue weighted by atomic mass is 19.4. The molecule has 0 spiro atoms. The minimum absolute atomic E-state index is 0.00308. The molecule has 0 amide bonds. The van der Waals surface area contributed by atoms with Crippen molar-refractivity contribution in [1.29, 1.82) is 0 Å². The summed E-state index contributed by atoms with van der Waals surface area (Å²) in [6.07, 6.45) is -2.96. The molecule has 0 saturated heterocycles. The number of halogens is 4. The SMILES string of the molecule is O=Cc1cnc(-c2ccc(C(F)(F)F)cc2F)[nH]1. The summed E-state index contributed by atoms with van der Waals surface area (Å²) in [5.74, 6) is -1.06. The Bertz CT molecular complexity index is 589. The first-order valence-electron chi connectivity index (χ1n) is 4.79. The molecule has 0 unspecified atom stereocenters. The molecule has 0 bridgehead atoms. The molecule has 0 saturated carbocycles. The van der Waals surface area contributed by atoms with Gasteiger partial charge in [0.05, 0.1) is 23.0 Å². The van der Waals surface area contributed by atoms with Crippen LogP contribution in [0.25, 0.3) is 11.4 Å². The molecule has 2 aromatic rings. The maximum atomic E-state index is 13.5. The molecule has 0 aliphatic carbocycles. The van der Waals surface area contributed by atoms with Gasteiger partial charge in [0.2, 0.25) is 0 Å². The lowest BCUT2D eigenvalue weighted by Crippen LogP contribution is -2.05. The molecule has 94 valence electrons. The van der Waals surface area contributed by atoms with Gasteiger partial charge in [-0.05, 0) is 18.2 Å². The average molecular weight is 258 g/mol. The van der Waals surface area contributed by atoms with Crippen molar-refractivity contribution >= 4 is 6.29 Å². The van der Waals surface area contributed by atoms with E-state index in [1.807, 2.05) is 0 Å². The Labute approximate surface area is 98.5 Å². The summed E-state index contributed by atoms with van der Waals surface area (Å²) in [5.41, 5.74) is -1.09. The first kappa shape index (κ1) is 12.3. The third kappa shape index (κ3) is 2.24. The second kappa shape index (κ2) is 4.25. The average Bonchev–Trinajstić information content (AvgIpc) is 2.76. The Morgan fingerprint density at radius 2 is 2.00 bits per heavy atom. The largest absolute Gasteiger partial charge is 0.416 e. The van der Waals surface area contributed by atoms with Gasteiger partial charge in [0, 0.05) is 0 Å². The van der Waals surface area contributed by atoms with Crippen molar-refractivity contribution in [2.45, 2.75) is 6.18 Å². The Hall–Kier alpha value is -2.18. The van der Waals surface area contributed by atoms with Crippen LogP contribution in [0.2, 0.25) is 0 Å². The van der Waals surface area contributed by atoms with E-state index < -0.39 is 17.6 Å². The molecular weight excluding hydrogens is 252 g/mol. The van der Waals surface area contributed by atoms with Crippen molar-refractivity contribution in [3.05, 3.63) is 41.5 Å². The summed E-state index contributed by atoms with van der Waals surface area (Å²) in [5, 5.41) is 0. The lowest BCUT2D eigenvalue weighted by atomic mass is 10.1. The van der Waals surface area contributed by atoms with E-state index in [4.69, 9.17) is 0 Å². The van der Waals surface area contributed by atoms with Crippen LogP contribution < -0.4 is 0 Å². The first-order valence-corrected chi connectivity index (χ1v) is 4.79. The fraction of sp³-hybridized carbons (Fsp3) is 0.0909. The molecule has 1 heterocycles. The highest BCUT2D eigenvalue weighted by molar-refractivity contribution is 5.73. The van der Waals surface area contributed by atoms with E-state index in [-0.39, 0.29) is 17.1 Å². The number of alkyl halides is 3. The molecule has 7 heteroatoms. The van der Waals surface area contributed by atoms with Crippen LogP contribution in [0.1, 0.15) is 16.1 Å². The lowest BCUT2D eigenvalue weighted by Gasteiger charge is -2.07. The summed E-state index contributed by atoms with van der Waals surface area (Å²) in [6.45, 7) is 0. The van der Waals surface area contributed by atoms with E-state index in [1.54, 1.807) is 0 Å². The van der Waals surface area contributed by atoms with Gasteiger partial charge in [-0.1, -0.05) is 0 Å². The number of carbonyl (C=O) groups is 1. The number of nitrogens with one attached hydrogen (secondary N) is 1. The van der Waals surface area contributed by atoms with Crippen LogP contribution in [0.4, 0.5) is 17.6 Å². The molecule has 0 atom stereocenters. The van der Waals surface area contributed by atoms with Crippen LogP contribution >= 0.6 is 0 Å². The van der Waals surface area contributed by atoms with Gasteiger partial charge in [-0.2, -0.15) is 13.2 Å². The summed E-state index contributed by atoms with van der Waals surface area (Å²) in [6, 6.07) is 2.10. The number of aromatic amines is 1. The molecule has 18 heavy (non-hydrogen) atoms. The van der Waals surface area contributed by atoms with Gasteiger partial charge < -0.3 is 4.98 Å². The van der Waals surface area contributed by atoms with Crippen LogP contribution in [-0.2, 0) is 6.18 Å². The maximum Gasteiger partial charge on any atom is 0.416 e. The van der Waals surface area contributed by atoms with E-state index in [0.29, 0.717) is 12.4 Å². The van der Waals surface area contributed by atoms with Gasteiger partial charge >= 0.3 is 6.18 Å². The fourth-order valence-corrected chi connectivity index (χ4v) is 1.42. The lowest BCUT2D eigenvalue weighted by molar-refractivity contribution is -0.137. The fourth-order valence-electron chi connectivity index (χ4n) is 1.42. The summed E-state index contributed by atoms with van der Waals surface area (Å²) in [7, 11) is 0. The predicted molar refractivity (Wildman–Crippen MR) is 54.4 cm³/mol. The number of hydrogen-bond acceptors (Lipinski definition) is 2. The Morgan fingerprint density at radius 1 is 1.28 bits per heavy atom. The van der Waals surface area contributed by atoms with E-state index in [0.717, 1.165) is 12.1 Å². The van der Waals surface area contributed by atoms with E-state index >= 15 is 0 Å². The molecule has 0 radical (unpaired) electrons. The smallest absolute Gasteiger partial charge is 0.336 e. The number of nitrogens with zero attached hydrogens (tertiary/aromatic N) is 1. The molecule has 2 rings (SSSR count). The predicted octanol–water partition coefficient (Wildman–Crippen LogP) is 3.05. The van der Waals surface area contributed by atoms with Gasteiger partial charge in [0.15, 0.2) is 6.29 Å². The van der Waals surface area contributed by atoms with Crippen LogP contribution in [0.3, 0.4) is 0 Å². The van der Waals surface area contributed by atoms with Crippen molar-refractivity contribution in [1.82, 2.24) is 9.97 Å².